The van der Waals surface area contributed by atoms with Crippen LogP contribution >= 0.6 is 15.9 Å². The highest BCUT2D eigenvalue weighted by Crippen LogP contribution is 2.37. The van der Waals surface area contributed by atoms with Crippen molar-refractivity contribution in [3.8, 4) is 22.8 Å². The van der Waals surface area contributed by atoms with Crippen LogP contribution in [0.1, 0.15) is 0 Å². The minimum Gasteiger partial charge on any atom is -0.479 e. The molecule has 0 spiro atoms. The molecular weight excluding hydrogens is 400 g/mol. The van der Waals surface area contributed by atoms with E-state index in [1.54, 1.807) is 6.07 Å². The zero-order chi connectivity index (χ0) is 18.0. The molecule has 0 aliphatic heterocycles. The molecule has 0 aliphatic carbocycles. The van der Waals surface area contributed by atoms with E-state index in [0.29, 0.717) is 15.7 Å². The van der Waals surface area contributed by atoms with E-state index in [2.05, 4.69) is 26.0 Å². The zero-order valence-corrected chi connectivity index (χ0v) is 14.1. The summed E-state index contributed by atoms with van der Waals surface area (Å²) in [6.07, 6.45) is 1.26. The third kappa shape index (κ3) is 3.50. The van der Waals surface area contributed by atoms with E-state index in [9.17, 15) is 13.6 Å². The number of hydrogen-bond acceptors (Lipinski definition) is 4. The molecule has 0 radical (unpaired) electrons. The fraction of sp³-hybridized carbons (Fsp3) is 0.0625. The Kier molecular flexibility index (Phi) is 4.75. The molecule has 1 N–H and O–H groups in total. The van der Waals surface area contributed by atoms with Gasteiger partial charge in [0.1, 0.15) is 16.0 Å². The van der Waals surface area contributed by atoms with Crippen LogP contribution in [0.5, 0.6) is 5.88 Å². The summed E-state index contributed by atoms with van der Waals surface area (Å²) < 4.78 is 34.0. The molecule has 6 nitrogen and oxygen atoms in total. The second-order valence-corrected chi connectivity index (χ2v) is 5.68. The number of benzene rings is 1. The van der Waals surface area contributed by atoms with Gasteiger partial charge < -0.3 is 9.84 Å². The number of halogens is 3. The summed E-state index contributed by atoms with van der Waals surface area (Å²) in [4.78, 5) is 14.3. The number of rotatable bonds is 5. The molecule has 0 bridgehead atoms. The minimum atomic E-state index is -1.18. The SMILES string of the molecule is O=C(O)COc1nn(-c2ccccc2F)c(-c2ccc(F)nc2)c1Br. The fourth-order valence-corrected chi connectivity index (χ4v) is 2.75. The molecule has 3 aromatic rings. The molecule has 0 amide bonds. The van der Waals surface area contributed by atoms with Gasteiger partial charge in [0.2, 0.25) is 11.8 Å². The molecule has 128 valence electrons. The van der Waals surface area contributed by atoms with Crippen molar-refractivity contribution in [3.05, 3.63) is 58.8 Å². The van der Waals surface area contributed by atoms with Gasteiger partial charge in [0.25, 0.3) is 0 Å². The van der Waals surface area contributed by atoms with Crippen LogP contribution in [-0.2, 0) is 4.79 Å². The molecule has 9 heteroatoms. The van der Waals surface area contributed by atoms with Crippen molar-refractivity contribution >= 4 is 21.9 Å². The summed E-state index contributed by atoms with van der Waals surface area (Å²) >= 11 is 3.28. The molecule has 0 atom stereocenters. The highest BCUT2D eigenvalue weighted by molar-refractivity contribution is 9.10. The zero-order valence-electron chi connectivity index (χ0n) is 12.5. The van der Waals surface area contributed by atoms with E-state index in [-0.39, 0.29) is 11.6 Å². The number of ether oxygens (including phenoxy) is 1. The molecule has 0 unspecified atom stereocenters. The summed E-state index contributed by atoms with van der Waals surface area (Å²) in [5.41, 5.74) is 0.903. The molecular formula is C16H10BrF2N3O3. The highest BCUT2D eigenvalue weighted by atomic mass is 79.9. The molecule has 3 rings (SSSR count). The van der Waals surface area contributed by atoms with Gasteiger partial charge in [-0.2, -0.15) is 4.39 Å². The second kappa shape index (κ2) is 6.98. The van der Waals surface area contributed by atoms with Gasteiger partial charge in [-0.3, -0.25) is 0 Å². The largest absolute Gasteiger partial charge is 0.479 e. The van der Waals surface area contributed by atoms with Crippen molar-refractivity contribution < 1.29 is 23.4 Å². The predicted octanol–water partition coefficient (Wildman–Crippen LogP) is 3.44. The number of carbonyl (C=O) groups is 1. The first-order valence-corrected chi connectivity index (χ1v) is 7.76. The van der Waals surface area contributed by atoms with Crippen molar-refractivity contribution in [2.45, 2.75) is 0 Å². The van der Waals surface area contributed by atoms with Crippen LogP contribution in [-0.4, -0.2) is 32.4 Å². The first kappa shape index (κ1) is 17.0. The van der Waals surface area contributed by atoms with Crippen LogP contribution in [0.2, 0.25) is 0 Å². The first-order chi connectivity index (χ1) is 12.0. The van der Waals surface area contributed by atoms with Gasteiger partial charge in [0.05, 0.1) is 5.69 Å². The van der Waals surface area contributed by atoms with Crippen LogP contribution < -0.4 is 4.74 Å². The summed E-state index contributed by atoms with van der Waals surface area (Å²) in [5, 5.41) is 12.9. The Bertz CT molecular complexity index is 929. The standard InChI is InChI=1S/C16H10BrF2N3O3/c17-14-15(9-5-6-12(19)20-7-9)22(11-4-2-1-3-10(11)18)21-16(14)25-8-13(23)24/h1-7H,8H2,(H,23,24). The highest BCUT2D eigenvalue weighted by Gasteiger charge is 2.22. The lowest BCUT2D eigenvalue weighted by molar-refractivity contribution is -0.139. The Balaban J connectivity index is 2.18. The lowest BCUT2D eigenvalue weighted by atomic mass is 10.2. The summed E-state index contributed by atoms with van der Waals surface area (Å²) in [6.45, 7) is -0.617. The molecule has 25 heavy (non-hydrogen) atoms. The second-order valence-electron chi connectivity index (χ2n) is 4.88. The summed E-state index contributed by atoms with van der Waals surface area (Å²) in [7, 11) is 0. The summed E-state index contributed by atoms with van der Waals surface area (Å²) in [5.74, 6) is -2.43. The molecule has 2 heterocycles. The van der Waals surface area contributed by atoms with Gasteiger partial charge in [-0.15, -0.1) is 5.10 Å². The molecule has 0 fully saturated rings. The third-order valence-electron chi connectivity index (χ3n) is 3.21. The van der Waals surface area contributed by atoms with Gasteiger partial charge in [0, 0.05) is 11.8 Å². The van der Waals surface area contributed by atoms with E-state index in [0.717, 1.165) is 6.07 Å². The normalized spacial score (nSPS) is 10.7. The molecule has 2 aromatic heterocycles. The predicted molar refractivity (Wildman–Crippen MR) is 87.5 cm³/mol. The van der Waals surface area contributed by atoms with Crippen LogP contribution in [0, 0.1) is 11.8 Å². The van der Waals surface area contributed by atoms with Gasteiger partial charge in [0.15, 0.2) is 6.61 Å². The average Bonchev–Trinajstić information content (AvgIpc) is 2.91. The van der Waals surface area contributed by atoms with Gasteiger partial charge in [-0.1, -0.05) is 12.1 Å². The van der Waals surface area contributed by atoms with Gasteiger partial charge in [-0.25, -0.2) is 18.9 Å². The van der Waals surface area contributed by atoms with E-state index in [4.69, 9.17) is 9.84 Å². The molecule has 0 saturated heterocycles. The van der Waals surface area contributed by atoms with Crippen molar-refractivity contribution in [2.24, 2.45) is 0 Å². The summed E-state index contributed by atoms with van der Waals surface area (Å²) in [6, 6.07) is 8.50. The smallest absolute Gasteiger partial charge is 0.341 e. The molecule has 0 aliphatic rings. The van der Waals surface area contributed by atoms with Gasteiger partial charge in [-0.05, 0) is 40.2 Å². The number of pyridine rings is 1. The van der Waals surface area contributed by atoms with Crippen molar-refractivity contribution in [1.29, 1.82) is 0 Å². The maximum atomic E-state index is 14.2. The molecule has 1 aromatic carbocycles. The van der Waals surface area contributed by atoms with Gasteiger partial charge >= 0.3 is 5.97 Å². The Labute approximate surface area is 148 Å². The lowest BCUT2D eigenvalue weighted by Gasteiger charge is -2.08. The number of carboxylic acids is 1. The number of hydrogen-bond donors (Lipinski definition) is 1. The van der Waals surface area contributed by atoms with Crippen LogP contribution in [0.25, 0.3) is 16.9 Å². The van der Waals surface area contributed by atoms with E-state index in [1.807, 2.05) is 0 Å². The fourth-order valence-electron chi connectivity index (χ4n) is 2.16. The Morgan fingerprint density at radius 1 is 1.24 bits per heavy atom. The molecule has 0 saturated carbocycles. The van der Waals surface area contributed by atoms with Crippen molar-refractivity contribution in [1.82, 2.24) is 14.8 Å². The number of para-hydroxylation sites is 1. The quantitative estimate of drug-likeness (QED) is 0.653. The number of aliphatic carboxylic acids is 1. The first-order valence-electron chi connectivity index (χ1n) is 6.97. The topological polar surface area (TPSA) is 77.2 Å². The monoisotopic (exact) mass is 409 g/mol. The number of aromatic nitrogens is 3. The number of carboxylic acid groups (broad SMARTS) is 1. The maximum absolute atomic E-state index is 14.2. The Morgan fingerprint density at radius 3 is 2.64 bits per heavy atom. The van der Waals surface area contributed by atoms with Crippen molar-refractivity contribution in [2.75, 3.05) is 6.61 Å². The average molecular weight is 410 g/mol. The Hall–Kier alpha value is -2.81. The maximum Gasteiger partial charge on any atom is 0.341 e. The van der Waals surface area contributed by atoms with E-state index < -0.39 is 24.3 Å². The lowest BCUT2D eigenvalue weighted by Crippen LogP contribution is -2.10. The van der Waals surface area contributed by atoms with Crippen LogP contribution in [0.4, 0.5) is 8.78 Å². The van der Waals surface area contributed by atoms with E-state index in [1.165, 1.54) is 35.1 Å². The minimum absolute atomic E-state index is 0.0371. The number of nitrogens with zero attached hydrogens (tertiary/aromatic N) is 3. The Morgan fingerprint density at radius 2 is 2.00 bits per heavy atom. The van der Waals surface area contributed by atoms with Crippen LogP contribution in [0.3, 0.4) is 0 Å². The van der Waals surface area contributed by atoms with Crippen molar-refractivity contribution in [3.63, 3.8) is 0 Å². The van der Waals surface area contributed by atoms with E-state index >= 15 is 0 Å². The van der Waals surface area contributed by atoms with Crippen LogP contribution in [0.15, 0.2) is 47.1 Å². The third-order valence-corrected chi connectivity index (χ3v) is 3.93.